The minimum Gasteiger partial charge on any atom is -0.453 e. The molecule has 0 spiro atoms. The molecule has 0 bridgehead atoms. The summed E-state index contributed by atoms with van der Waals surface area (Å²) < 4.78 is 56.4. The van der Waals surface area contributed by atoms with Gasteiger partial charge in [-0.1, -0.05) is 35.5 Å². The molecule has 0 atom stereocenters. The number of nitrogens with zero attached hydrogens (tertiary/aromatic N) is 4. The first-order chi connectivity index (χ1) is 18.0. The van der Waals surface area contributed by atoms with Crippen LogP contribution in [0.25, 0.3) is 11.4 Å². The molecule has 0 radical (unpaired) electrons. The maximum Gasteiger partial charge on any atom is 0.417 e. The Morgan fingerprint density at radius 2 is 1.84 bits per heavy atom. The zero-order valence-corrected chi connectivity index (χ0v) is 21.2. The van der Waals surface area contributed by atoms with Gasteiger partial charge in [-0.2, -0.15) is 23.3 Å². The van der Waals surface area contributed by atoms with Crippen LogP contribution in [0.15, 0.2) is 59.3 Å². The molecule has 0 saturated carbocycles. The maximum absolute atomic E-state index is 13.2. The standard InChI is InChI=1S/C26H26F3N5O4/c1-25(2,3)34-21(20(15-31-34)37-19-7-5-6-18(14-19)26(27,28)29)23(35)30-13-12-16-8-10-17(11-9-16)22-32-24(36-4)38-33-22/h5-11,14-15H,12-13H2,1-4H3,(H,30,35). The summed E-state index contributed by atoms with van der Waals surface area (Å²) in [5.74, 6) is -0.0707. The summed E-state index contributed by atoms with van der Waals surface area (Å²) in [4.78, 5) is 17.3. The number of halogens is 3. The summed E-state index contributed by atoms with van der Waals surface area (Å²) in [7, 11) is 1.43. The molecule has 38 heavy (non-hydrogen) atoms. The summed E-state index contributed by atoms with van der Waals surface area (Å²) in [6.07, 6.45) is -2.61. The van der Waals surface area contributed by atoms with E-state index in [1.807, 2.05) is 45.0 Å². The van der Waals surface area contributed by atoms with E-state index >= 15 is 0 Å². The minimum atomic E-state index is -4.52. The fraction of sp³-hybridized carbons (Fsp3) is 0.308. The number of ether oxygens (including phenoxy) is 2. The fourth-order valence-electron chi connectivity index (χ4n) is 3.62. The molecule has 0 aliphatic heterocycles. The van der Waals surface area contributed by atoms with Crippen molar-refractivity contribution in [1.82, 2.24) is 25.2 Å². The number of alkyl halides is 3. The number of methoxy groups -OCH3 is 1. The molecule has 0 saturated heterocycles. The molecule has 0 aliphatic carbocycles. The van der Waals surface area contributed by atoms with Gasteiger partial charge in [0.05, 0.1) is 24.4 Å². The third-order valence-corrected chi connectivity index (χ3v) is 5.47. The van der Waals surface area contributed by atoms with Crippen molar-refractivity contribution in [2.75, 3.05) is 13.7 Å². The largest absolute Gasteiger partial charge is 0.453 e. The number of nitrogens with one attached hydrogen (secondary N) is 1. The van der Waals surface area contributed by atoms with Gasteiger partial charge in [0.2, 0.25) is 5.82 Å². The second-order valence-electron chi connectivity index (χ2n) is 9.36. The predicted molar refractivity (Wildman–Crippen MR) is 131 cm³/mol. The van der Waals surface area contributed by atoms with Crippen molar-refractivity contribution in [2.45, 2.75) is 38.9 Å². The lowest BCUT2D eigenvalue weighted by atomic mass is 10.1. The Balaban J connectivity index is 1.46. The minimum absolute atomic E-state index is 0.0524. The highest BCUT2D eigenvalue weighted by Gasteiger charge is 2.31. The molecular formula is C26H26F3N5O4. The highest BCUT2D eigenvalue weighted by molar-refractivity contribution is 5.95. The van der Waals surface area contributed by atoms with E-state index in [9.17, 15) is 18.0 Å². The summed E-state index contributed by atoms with van der Waals surface area (Å²) in [5, 5.41) is 11.0. The fourth-order valence-corrected chi connectivity index (χ4v) is 3.62. The monoisotopic (exact) mass is 529 g/mol. The predicted octanol–water partition coefficient (Wildman–Crippen LogP) is 5.48. The van der Waals surface area contributed by atoms with Gasteiger partial charge in [-0.15, -0.1) is 0 Å². The second-order valence-corrected chi connectivity index (χ2v) is 9.36. The van der Waals surface area contributed by atoms with Crippen LogP contribution in [-0.4, -0.2) is 39.5 Å². The number of amides is 1. The van der Waals surface area contributed by atoms with E-state index in [1.54, 1.807) is 0 Å². The van der Waals surface area contributed by atoms with Gasteiger partial charge in [0.15, 0.2) is 11.4 Å². The molecule has 1 amide bonds. The topological polar surface area (TPSA) is 104 Å². The molecule has 12 heteroatoms. The average Bonchev–Trinajstić information content (AvgIpc) is 3.51. The third kappa shape index (κ3) is 6.13. The molecular weight excluding hydrogens is 503 g/mol. The van der Waals surface area contributed by atoms with Crippen LogP contribution in [0.5, 0.6) is 17.6 Å². The summed E-state index contributed by atoms with van der Waals surface area (Å²) in [6.45, 7) is 5.86. The first-order valence-corrected chi connectivity index (χ1v) is 11.6. The lowest BCUT2D eigenvalue weighted by Crippen LogP contribution is -2.33. The van der Waals surface area contributed by atoms with Crippen LogP contribution >= 0.6 is 0 Å². The van der Waals surface area contributed by atoms with Crippen molar-refractivity contribution in [3.8, 4) is 29.0 Å². The first-order valence-electron chi connectivity index (χ1n) is 11.6. The van der Waals surface area contributed by atoms with E-state index in [0.29, 0.717) is 18.8 Å². The Kier molecular flexibility index (Phi) is 7.42. The molecule has 2 aromatic carbocycles. The first kappa shape index (κ1) is 26.7. The molecule has 4 rings (SSSR count). The van der Waals surface area contributed by atoms with E-state index in [1.165, 1.54) is 30.1 Å². The van der Waals surface area contributed by atoms with E-state index in [4.69, 9.17) is 14.0 Å². The van der Waals surface area contributed by atoms with Crippen molar-refractivity contribution in [2.24, 2.45) is 0 Å². The lowest BCUT2D eigenvalue weighted by molar-refractivity contribution is -0.137. The SMILES string of the molecule is COc1nc(-c2ccc(CCNC(=O)c3c(Oc4cccc(C(F)(F)F)c4)cnn3C(C)(C)C)cc2)no1. The van der Waals surface area contributed by atoms with Crippen molar-refractivity contribution < 1.29 is 32.0 Å². The van der Waals surface area contributed by atoms with Gasteiger partial charge in [-0.25, -0.2) is 0 Å². The highest BCUT2D eigenvalue weighted by Crippen LogP contribution is 2.34. The zero-order chi connectivity index (χ0) is 27.5. The normalized spacial score (nSPS) is 11.9. The molecule has 2 aromatic heterocycles. The van der Waals surface area contributed by atoms with E-state index < -0.39 is 23.2 Å². The van der Waals surface area contributed by atoms with Crippen LogP contribution in [-0.2, 0) is 18.1 Å². The van der Waals surface area contributed by atoms with Crippen LogP contribution in [0.4, 0.5) is 13.2 Å². The number of benzene rings is 2. The average molecular weight is 530 g/mol. The van der Waals surface area contributed by atoms with Crippen molar-refractivity contribution >= 4 is 5.91 Å². The summed E-state index contributed by atoms with van der Waals surface area (Å²) >= 11 is 0. The van der Waals surface area contributed by atoms with Crippen molar-refractivity contribution in [3.05, 3.63) is 71.5 Å². The highest BCUT2D eigenvalue weighted by atomic mass is 19.4. The molecule has 0 fully saturated rings. The van der Waals surface area contributed by atoms with Gasteiger partial charge in [0.25, 0.3) is 5.91 Å². The Morgan fingerprint density at radius 3 is 2.47 bits per heavy atom. The smallest absolute Gasteiger partial charge is 0.417 e. The zero-order valence-electron chi connectivity index (χ0n) is 21.2. The van der Waals surface area contributed by atoms with Gasteiger partial charge >= 0.3 is 12.3 Å². The van der Waals surface area contributed by atoms with Gasteiger partial charge in [0.1, 0.15) is 5.75 Å². The van der Waals surface area contributed by atoms with Gasteiger partial charge < -0.3 is 14.8 Å². The molecule has 200 valence electrons. The lowest BCUT2D eigenvalue weighted by Gasteiger charge is -2.22. The Hall–Kier alpha value is -4.35. The quantitative estimate of drug-likeness (QED) is 0.322. The van der Waals surface area contributed by atoms with Crippen LogP contribution in [0, 0.1) is 0 Å². The molecule has 0 unspecified atom stereocenters. The number of hydrogen-bond donors (Lipinski definition) is 1. The van der Waals surface area contributed by atoms with Crippen LogP contribution < -0.4 is 14.8 Å². The van der Waals surface area contributed by atoms with Crippen molar-refractivity contribution in [1.29, 1.82) is 0 Å². The number of carbonyl (C=O) groups excluding carboxylic acids is 1. The van der Waals surface area contributed by atoms with Crippen LogP contribution in [0.2, 0.25) is 0 Å². The molecule has 4 aromatic rings. The number of carbonyl (C=O) groups is 1. The maximum atomic E-state index is 13.2. The second kappa shape index (κ2) is 10.6. The van der Waals surface area contributed by atoms with Crippen LogP contribution in [0.3, 0.4) is 0 Å². The van der Waals surface area contributed by atoms with Gasteiger partial charge in [-0.3, -0.25) is 14.0 Å². The van der Waals surface area contributed by atoms with Crippen molar-refractivity contribution in [3.63, 3.8) is 0 Å². The van der Waals surface area contributed by atoms with Crippen LogP contribution in [0.1, 0.15) is 42.4 Å². The molecule has 2 heterocycles. The van der Waals surface area contributed by atoms with E-state index in [0.717, 1.165) is 23.3 Å². The Bertz CT molecular complexity index is 1410. The molecule has 9 nitrogen and oxygen atoms in total. The van der Waals surface area contributed by atoms with Gasteiger partial charge in [-0.05, 0) is 51.0 Å². The molecule has 0 aliphatic rings. The Morgan fingerprint density at radius 1 is 1.11 bits per heavy atom. The van der Waals surface area contributed by atoms with E-state index in [-0.39, 0.29) is 23.3 Å². The number of aromatic nitrogens is 4. The summed E-state index contributed by atoms with van der Waals surface area (Å²) in [5.41, 5.74) is 0.366. The molecule has 1 N–H and O–H groups in total. The number of hydrogen-bond acceptors (Lipinski definition) is 7. The summed E-state index contributed by atoms with van der Waals surface area (Å²) in [6, 6.07) is 11.9. The Labute approximate surface area is 216 Å². The van der Waals surface area contributed by atoms with Gasteiger partial charge in [0, 0.05) is 12.1 Å². The third-order valence-electron chi connectivity index (χ3n) is 5.47. The number of rotatable bonds is 8. The van der Waals surface area contributed by atoms with E-state index in [2.05, 4.69) is 20.6 Å².